The van der Waals surface area contributed by atoms with E-state index in [4.69, 9.17) is 18.0 Å². The minimum absolute atomic E-state index is 0.0943. The molecule has 1 fully saturated rings. The minimum atomic E-state index is -0.840. The Morgan fingerprint density at radius 1 is 1.69 bits per heavy atom. The van der Waals surface area contributed by atoms with Gasteiger partial charge in [0.1, 0.15) is 0 Å². The number of carbonyl (C=O) groups is 2. The monoisotopic (exact) mass is 243 g/mol. The van der Waals surface area contributed by atoms with E-state index in [1.54, 1.807) is 6.92 Å². The van der Waals surface area contributed by atoms with E-state index in [0.717, 1.165) is 0 Å². The number of hydrogen-bond donors (Lipinski definition) is 2. The predicted molar refractivity (Wildman–Crippen MR) is 64.8 cm³/mol. The third kappa shape index (κ3) is 2.32. The van der Waals surface area contributed by atoms with Crippen molar-refractivity contribution >= 4 is 29.0 Å². The van der Waals surface area contributed by atoms with Crippen molar-refractivity contribution in [2.45, 2.75) is 20.3 Å². The molecule has 1 heterocycles. The molecule has 90 valence electrons. The van der Waals surface area contributed by atoms with Crippen LogP contribution >= 0.6 is 12.2 Å². The molecule has 0 bridgehead atoms. The lowest BCUT2D eigenvalue weighted by molar-refractivity contribution is -0.143. The molecule has 0 radical (unpaired) electrons. The summed E-state index contributed by atoms with van der Waals surface area (Å²) in [6.07, 6.45) is 0.541. The second kappa shape index (κ2) is 4.78. The lowest BCUT2D eigenvalue weighted by Crippen LogP contribution is -2.56. The smallest absolute Gasteiger partial charge is 0.239 e. The number of hydrogen-bond acceptors (Lipinski definition) is 3. The van der Waals surface area contributed by atoms with Gasteiger partial charge in [-0.1, -0.05) is 19.1 Å². The van der Waals surface area contributed by atoms with Gasteiger partial charge in [0.15, 0.2) is 0 Å². The topological polar surface area (TPSA) is 75.4 Å². The van der Waals surface area contributed by atoms with E-state index >= 15 is 0 Å². The summed E-state index contributed by atoms with van der Waals surface area (Å²) < 4.78 is 0. The van der Waals surface area contributed by atoms with Gasteiger partial charge in [-0.15, -0.1) is 0 Å². The van der Waals surface area contributed by atoms with E-state index in [-0.39, 0.29) is 23.3 Å². The van der Waals surface area contributed by atoms with Crippen LogP contribution < -0.4 is 11.1 Å². The van der Waals surface area contributed by atoms with Gasteiger partial charge >= 0.3 is 0 Å². The largest absolute Gasteiger partial charge is 0.392 e. The fraction of sp³-hybridized carbons (Fsp3) is 0.700. The summed E-state index contributed by atoms with van der Waals surface area (Å²) in [5.41, 5.74) is 4.77. The highest BCUT2D eigenvalue weighted by Gasteiger charge is 2.39. The van der Waals surface area contributed by atoms with Crippen molar-refractivity contribution in [1.29, 1.82) is 0 Å². The molecule has 6 heteroatoms. The van der Waals surface area contributed by atoms with Gasteiger partial charge in [0, 0.05) is 13.1 Å². The maximum Gasteiger partial charge on any atom is 0.239 e. The second-order valence-electron chi connectivity index (χ2n) is 4.13. The Hall–Kier alpha value is -1.17. The van der Waals surface area contributed by atoms with Crippen LogP contribution in [0.4, 0.5) is 0 Å². The van der Waals surface area contributed by atoms with Crippen molar-refractivity contribution in [3.63, 3.8) is 0 Å². The Morgan fingerprint density at radius 2 is 2.31 bits per heavy atom. The average Bonchev–Trinajstić information content (AvgIpc) is 2.26. The maximum atomic E-state index is 12.2. The highest BCUT2D eigenvalue weighted by Crippen LogP contribution is 2.24. The molecule has 0 aromatic heterocycles. The fourth-order valence-electron chi connectivity index (χ4n) is 1.59. The molecule has 0 saturated carbocycles. The molecular weight excluding hydrogens is 226 g/mol. The standard InChI is InChI=1S/C10H17N3O2S/c1-3-10(2,8(11)16)9(15)13-5-4-12-7(14)6-13/h3-6H2,1-2H3,(H2,11,16)(H,12,14). The van der Waals surface area contributed by atoms with Crippen molar-refractivity contribution < 1.29 is 9.59 Å². The number of nitrogens with zero attached hydrogens (tertiary/aromatic N) is 1. The number of nitrogens with one attached hydrogen (secondary N) is 1. The van der Waals surface area contributed by atoms with Crippen LogP contribution in [-0.2, 0) is 9.59 Å². The lowest BCUT2D eigenvalue weighted by atomic mass is 9.85. The van der Waals surface area contributed by atoms with Crippen molar-refractivity contribution in [2.24, 2.45) is 11.1 Å². The number of nitrogens with two attached hydrogens (primary N) is 1. The number of amides is 2. The van der Waals surface area contributed by atoms with Gasteiger partial charge in [0.25, 0.3) is 0 Å². The zero-order valence-electron chi connectivity index (χ0n) is 9.58. The van der Waals surface area contributed by atoms with Crippen LogP contribution in [0.2, 0.25) is 0 Å². The molecule has 5 nitrogen and oxygen atoms in total. The van der Waals surface area contributed by atoms with Gasteiger partial charge in [-0.2, -0.15) is 0 Å². The third-order valence-corrected chi connectivity index (χ3v) is 3.50. The molecule has 1 rings (SSSR count). The van der Waals surface area contributed by atoms with Crippen LogP contribution in [0.15, 0.2) is 0 Å². The molecule has 1 saturated heterocycles. The van der Waals surface area contributed by atoms with Crippen molar-refractivity contribution in [3.05, 3.63) is 0 Å². The molecular formula is C10H17N3O2S. The Kier molecular flexibility index (Phi) is 3.85. The van der Waals surface area contributed by atoms with Crippen LogP contribution in [-0.4, -0.2) is 41.3 Å². The Balaban J connectivity index is 2.83. The summed E-state index contributed by atoms with van der Waals surface area (Å²) in [5.74, 6) is -0.293. The van der Waals surface area contributed by atoms with Gasteiger partial charge in [-0.3, -0.25) is 9.59 Å². The Labute approximate surface area is 100 Å². The van der Waals surface area contributed by atoms with Crippen LogP contribution in [0.1, 0.15) is 20.3 Å². The van der Waals surface area contributed by atoms with E-state index in [1.807, 2.05) is 6.92 Å². The highest BCUT2D eigenvalue weighted by atomic mass is 32.1. The van der Waals surface area contributed by atoms with Gasteiger partial charge in [-0.25, -0.2) is 0 Å². The number of rotatable bonds is 3. The first-order chi connectivity index (χ1) is 7.41. The molecule has 1 aliphatic heterocycles. The zero-order chi connectivity index (χ0) is 12.3. The Morgan fingerprint density at radius 3 is 2.75 bits per heavy atom. The summed E-state index contributed by atoms with van der Waals surface area (Å²) >= 11 is 4.93. The van der Waals surface area contributed by atoms with Gasteiger partial charge in [-0.05, 0) is 13.3 Å². The van der Waals surface area contributed by atoms with Crippen LogP contribution in [0.3, 0.4) is 0 Å². The van der Waals surface area contributed by atoms with Crippen LogP contribution in [0, 0.1) is 5.41 Å². The Bertz CT molecular complexity index is 332. The molecule has 0 spiro atoms. The van der Waals surface area contributed by atoms with Gasteiger partial charge < -0.3 is 16.0 Å². The van der Waals surface area contributed by atoms with E-state index in [2.05, 4.69) is 5.32 Å². The molecule has 0 aromatic rings. The van der Waals surface area contributed by atoms with E-state index in [0.29, 0.717) is 19.5 Å². The molecule has 0 aromatic carbocycles. The summed E-state index contributed by atoms with van der Waals surface area (Å²) in [7, 11) is 0. The first kappa shape index (κ1) is 12.9. The van der Waals surface area contributed by atoms with Crippen LogP contribution in [0.5, 0.6) is 0 Å². The molecule has 1 aliphatic rings. The van der Waals surface area contributed by atoms with Crippen molar-refractivity contribution in [2.75, 3.05) is 19.6 Å². The second-order valence-corrected chi connectivity index (χ2v) is 4.57. The molecule has 3 N–H and O–H groups in total. The molecule has 16 heavy (non-hydrogen) atoms. The number of carbonyl (C=O) groups excluding carboxylic acids is 2. The normalized spacial score (nSPS) is 19.9. The highest BCUT2D eigenvalue weighted by molar-refractivity contribution is 7.80. The van der Waals surface area contributed by atoms with Crippen LogP contribution in [0.25, 0.3) is 0 Å². The average molecular weight is 243 g/mol. The molecule has 1 unspecified atom stereocenters. The van der Waals surface area contributed by atoms with E-state index < -0.39 is 5.41 Å². The molecule has 0 aliphatic carbocycles. The first-order valence-electron chi connectivity index (χ1n) is 5.27. The zero-order valence-corrected chi connectivity index (χ0v) is 10.4. The molecule has 2 amide bonds. The van der Waals surface area contributed by atoms with Crippen molar-refractivity contribution in [3.8, 4) is 0 Å². The summed E-state index contributed by atoms with van der Waals surface area (Å²) in [6, 6.07) is 0. The van der Waals surface area contributed by atoms with E-state index in [1.165, 1.54) is 4.90 Å². The SMILES string of the molecule is CCC(C)(C(=O)N1CCNC(=O)C1)C(N)=S. The quantitative estimate of drug-likeness (QED) is 0.664. The fourth-order valence-corrected chi connectivity index (χ4v) is 1.82. The first-order valence-corrected chi connectivity index (χ1v) is 5.68. The summed E-state index contributed by atoms with van der Waals surface area (Å²) in [6.45, 7) is 4.69. The molecule has 1 atom stereocenters. The summed E-state index contributed by atoms with van der Waals surface area (Å²) in [4.78, 5) is 25.1. The van der Waals surface area contributed by atoms with Gasteiger partial charge in [0.2, 0.25) is 11.8 Å². The van der Waals surface area contributed by atoms with Crippen molar-refractivity contribution in [1.82, 2.24) is 10.2 Å². The third-order valence-electron chi connectivity index (χ3n) is 3.05. The number of thiocarbonyl (C=S) groups is 1. The maximum absolute atomic E-state index is 12.2. The van der Waals surface area contributed by atoms with Gasteiger partial charge in [0.05, 0.1) is 16.9 Å². The predicted octanol–water partition coefficient (Wildman–Crippen LogP) is -0.353. The minimum Gasteiger partial charge on any atom is -0.392 e. The lowest BCUT2D eigenvalue weighted by Gasteiger charge is -2.34. The summed E-state index contributed by atoms with van der Waals surface area (Å²) in [5, 5.41) is 2.67. The number of piperazine rings is 1. The van der Waals surface area contributed by atoms with E-state index in [9.17, 15) is 9.59 Å².